The van der Waals surface area contributed by atoms with Gasteiger partial charge in [0.15, 0.2) is 0 Å². The van der Waals surface area contributed by atoms with E-state index < -0.39 is 10.2 Å². The summed E-state index contributed by atoms with van der Waals surface area (Å²) in [5.41, 5.74) is 0. The first-order valence-electron chi connectivity index (χ1n) is 8.32. The monoisotopic (exact) mass is 368 g/mol. The Morgan fingerprint density at radius 3 is 2.13 bits per heavy atom. The highest BCUT2D eigenvalue weighted by molar-refractivity contribution is 7.86. The predicted octanol–water partition coefficient (Wildman–Crippen LogP) is -0.258. The Labute approximate surface area is 145 Å². The van der Waals surface area contributed by atoms with Crippen molar-refractivity contribution in [3.05, 3.63) is 0 Å². The maximum atomic E-state index is 12.8. The molecular weight excluding hydrogens is 340 g/mol. The summed E-state index contributed by atoms with van der Waals surface area (Å²) in [6.45, 7) is 9.75. The van der Waals surface area contributed by atoms with Crippen LogP contribution < -0.4 is 5.32 Å². The number of hydrogen-bond donors (Lipinski definition) is 1. The van der Waals surface area contributed by atoms with E-state index in [0.717, 1.165) is 26.2 Å². The first kappa shape index (κ1) is 19.4. The smallest absolute Gasteiger partial charge is 0.282 e. The van der Waals surface area contributed by atoms with Gasteiger partial charge in [0.2, 0.25) is 0 Å². The van der Waals surface area contributed by atoms with E-state index in [2.05, 4.69) is 10.2 Å². The number of ether oxygens (including phenoxy) is 1. The molecule has 1 N–H and O–H groups in total. The summed E-state index contributed by atoms with van der Waals surface area (Å²) < 4.78 is 34.5. The normalized spacial score (nSPS) is 35.1. The van der Waals surface area contributed by atoms with Crippen molar-refractivity contribution in [3.63, 3.8) is 0 Å². The SMILES string of the molecule is CC1CN(S(=O)(=O)N2CCN(C3CCNC3)CC2)CC(C)O1.Cl. The van der Waals surface area contributed by atoms with Crippen LogP contribution in [-0.4, -0.2) is 92.5 Å². The Kier molecular flexibility index (Phi) is 6.69. The third-order valence-electron chi connectivity index (χ3n) is 4.86. The molecule has 3 fully saturated rings. The van der Waals surface area contributed by atoms with Crippen LogP contribution in [0.2, 0.25) is 0 Å². The van der Waals surface area contributed by atoms with E-state index in [4.69, 9.17) is 4.74 Å². The molecule has 7 nitrogen and oxygen atoms in total. The molecule has 3 atom stereocenters. The van der Waals surface area contributed by atoms with Gasteiger partial charge in [-0.25, -0.2) is 0 Å². The highest BCUT2D eigenvalue weighted by atomic mass is 35.5. The summed E-state index contributed by atoms with van der Waals surface area (Å²) >= 11 is 0. The van der Waals surface area contributed by atoms with Gasteiger partial charge in [-0.1, -0.05) is 0 Å². The number of rotatable bonds is 3. The van der Waals surface area contributed by atoms with Crippen LogP contribution >= 0.6 is 12.4 Å². The highest BCUT2D eigenvalue weighted by Crippen LogP contribution is 2.20. The van der Waals surface area contributed by atoms with Crippen LogP contribution in [0.4, 0.5) is 0 Å². The van der Waals surface area contributed by atoms with Crippen LogP contribution in [0, 0.1) is 0 Å². The molecule has 9 heteroatoms. The standard InChI is InChI=1S/C14H28N4O3S.ClH/c1-12-10-18(11-13(2)21-12)22(19,20)17-7-5-16(6-8-17)14-3-4-15-9-14;/h12-15H,3-11H2,1-2H3;1H. The summed E-state index contributed by atoms with van der Waals surface area (Å²) in [4.78, 5) is 2.43. The Morgan fingerprint density at radius 1 is 1.00 bits per heavy atom. The largest absolute Gasteiger partial charge is 0.373 e. The van der Waals surface area contributed by atoms with Gasteiger partial charge in [-0.3, -0.25) is 4.90 Å². The average Bonchev–Trinajstić information content (AvgIpc) is 3.00. The zero-order valence-corrected chi connectivity index (χ0v) is 15.6. The molecule has 0 radical (unpaired) electrons. The Hall–Kier alpha value is 0.0400. The second-order valence-electron chi connectivity index (χ2n) is 6.66. The fraction of sp³-hybridized carbons (Fsp3) is 1.00. The van der Waals surface area contributed by atoms with E-state index in [1.807, 2.05) is 13.8 Å². The molecule has 0 aromatic rings. The lowest BCUT2D eigenvalue weighted by atomic mass is 10.2. The van der Waals surface area contributed by atoms with Gasteiger partial charge >= 0.3 is 0 Å². The molecule has 136 valence electrons. The van der Waals surface area contributed by atoms with Gasteiger partial charge in [0, 0.05) is 51.9 Å². The summed E-state index contributed by atoms with van der Waals surface area (Å²) in [5.74, 6) is 0. The molecule has 0 saturated carbocycles. The van der Waals surface area contributed by atoms with Crippen molar-refractivity contribution in [2.75, 3.05) is 52.4 Å². The van der Waals surface area contributed by atoms with Gasteiger partial charge in [0.05, 0.1) is 12.2 Å². The van der Waals surface area contributed by atoms with Crippen LogP contribution in [-0.2, 0) is 14.9 Å². The molecule has 3 aliphatic heterocycles. The molecule has 0 aromatic carbocycles. The van der Waals surface area contributed by atoms with E-state index in [-0.39, 0.29) is 24.6 Å². The molecule has 3 heterocycles. The fourth-order valence-electron chi connectivity index (χ4n) is 3.73. The van der Waals surface area contributed by atoms with E-state index in [9.17, 15) is 8.42 Å². The predicted molar refractivity (Wildman–Crippen MR) is 92.2 cm³/mol. The van der Waals surface area contributed by atoms with Crippen molar-refractivity contribution < 1.29 is 13.2 Å². The van der Waals surface area contributed by atoms with Crippen LogP contribution in [0.5, 0.6) is 0 Å². The summed E-state index contributed by atoms with van der Waals surface area (Å²) in [5, 5.41) is 3.38. The lowest BCUT2D eigenvalue weighted by molar-refractivity contribution is -0.0458. The molecule has 0 bridgehead atoms. The lowest BCUT2D eigenvalue weighted by Crippen LogP contribution is -2.58. The Morgan fingerprint density at radius 2 is 1.61 bits per heavy atom. The van der Waals surface area contributed by atoms with E-state index >= 15 is 0 Å². The molecule has 3 unspecified atom stereocenters. The summed E-state index contributed by atoms with van der Waals surface area (Å²) in [6, 6.07) is 0.577. The molecule has 3 saturated heterocycles. The third kappa shape index (κ3) is 4.36. The Balaban J connectivity index is 0.00000192. The molecule has 3 rings (SSSR count). The van der Waals surface area contributed by atoms with E-state index in [1.54, 1.807) is 8.61 Å². The number of hydrogen-bond acceptors (Lipinski definition) is 5. The molecule has 23 heavy (non-hydrogen) atoms. The second-order valence-corrected chi connectivity index (χ2v) is 8.59. The minimum atomic E-state index is -3.35. The zero-order chi connectivity index (χ0) is 15.7. The first-order valence-corrected chi connectivity index (χ1v) is 9.72. The van der Waals surface area contributed by atoms with E-state index in [1.165, 1.54) is 6.42 Å². The van der Waals surface area contributed by atoms with Crippen LogP contribution in [0.3, 0.4) is 0 Å². The van der Waals surface area contributed by atoms with Crippen molar-refractivity contribution in [1.29, 1.82) is 0 Å². The van der Waals surface area contributed by atoms with Crippen molar-refractivity contribution in [1.82, 2.24) is 18.8 Å². The molecule has 0 amide bonds. The molecule has 0 aromatic heterocycles. The topological polar surface area (TPSA) is 65.1 Å². The maximum absolute atomic E-state index is 12.8. The first-order chi connectivity index (χ1) is 10.5. The minimum absolute atomic E-state index is 0. The minimum Gasteiger partial charge on any atom is -0.373 e. The number of morpholine rings is 1. The molecule has 0 aliphatic carbocycles. The van der Waals surface area contributed by atoms with Crippen LogP contribution in [0.15, 0.2) is 0 Å². The van der Waals surface area contributed by atoms with Gasteiger partial charge in [-0.15, -0.1) is 12.4 Å². The number of halogens is 1. The zero-order valence-electron chi connectivity index (χ0n) is 14.0. The highest BCUT2D eigenvalue weighted by Gasteiger charge is 2.37. The van der Waals surface area contributed by atoms with Crippen LogP contribution in [0.1, 0.15) is 20.3 Å². The van der Waals surface area contributed by atoms with Crippen molar-refractivity contribution >= 4 is 22.6 Å². The van der Waals surface area contributed by atoms with Gasteiger partial charge in [-0.05, 0) is 26.8 Å². The molecule has 3 aliphatic rings. The summed E-state index contributed by atoms with van der Waals surface area (Å²) in [7, 11) is -3.35. The summed E-state index contributed by atoms with van der Waals surface area (Å²) in [6.07, 6.45) is 1.10. The van der Waals surface area contributed by atoms with Crippen molar-refractivity contribution in [3.8, 4) is 0 Å². The number of piperazine rings is 1. The van der Waals surface area contributed by atoms with E-state index in [0.29, 0.717) is 32.2 Å². The van der Waals surface area contributed by atoms with Crippen molar-refractivity contribution in [2.45, 2.75) is 38.5 Å². The third-order valence-corrected chi connectivity index (χ3v) is 6.83. The molecule has 0 spiro atoms. The lowest BCUT2D eigenvalue weighted by Gasteiger charge is -2.41. The average molecular weight is 369 g/mol. The van der Waals surface area contributed by atoms with Crippen LogP contribution in [0.25, 0.3) is 0 Å². The fourth-order valence-corrected chi connectivity index (χ4v) is 5.48. The maximum Gasteiger partial charge on any atom is 0.282 e. The van der Waals surface area contributed by atoms with Crippen molar-refractivity contribution in [2.24, 2.45) is 0 Å². The molecular formula is C14H29ClN4O3S. The quantitative estimate of drug-likeness (QED) is 0.743. The number of nitrogens with zero attached hydrogens (tertiary/aromatic N) is 3. The Bertz CT molecular complexity index is 468. The van der Waals surface area contributed by atoms with Gasteiger partial charge in [-0.2, -0.15) is 17.0 Å². The van der Waals surface area contributed by atoms with Gasteiger partial charge < -0.3 is 10.1 Å². The van der Waals surface area contributed by atoms with Gasteiger partial charge in [0.1, 0.15) is 0 Å². The number of nitrogens with one attached hydrogen (secondary N) is 1. The van der Waals surface area contributed by atoms with Gasteiger partial charge in [0.25, 0.3) is 10.2 Å². The second kappa shape index (κ2) is 7.95.